The quantitative estimate of drug-likeness (QED) is 0.141. The molecule has 0 heterocycles. The molecule has 0 aromatic heterocycles. The third-order valence-electron chi connectivity index (χ3n) is 4.89. The molecule has 0 aromatic carbocycles. The van der Waals surface area contributed by atoms with Gasteiger partial charge in [0.15, 0.2) is 6.29 Å². The van der Waals surface area contributed by atoms with Crippen molar-refractivity contribution in [1.29, 1.82) is 0 Å². The number of aliphatic hydroxyl groups excluding tert-OH is 2. The summed E-state index contributed by atoms with van der Waals surface area (Å²) >= 11 is 0. The highest BCUT2D eigenvalue weighted by Gasteiger charge is 2.18. The summed E-state index contributed by atoms with van der Waals surface area (Å²) in [5.41, 5.74) is 0.422. The van der Waals surface area contributed by atoms with Crippen LogP contribution in [0.5, 0.6) is 0 Å². The van der Waals surface area contributed by atoms with E-state index in [4.69, 9.17) is 4.74 Å². The molecule has 11 nitrogen and oxygen atoms in total. The van der Waals surface area contributed by atoms with Crippen molar-refractivity contribution < 1.29 is 29.3 Å². The Morgan fingerprint density at radius 1 is 1.03 bits per heavy atom. The SMILES string of the molecule is C=C(CNC(=O)CC)N(CC(=O)NCC(O)NCC(=O)NCCC(C)CC)CC(O)OC. The number of amides is 3. The lowest BCUT2D eigenvalue weighted by atomic mass is 10.1. The first-order valence-electron chi connectivity index (χ1n) is 11.0. The van der Waals surface area contributed by atoms with E-state index in [-0.39, 0.29) is 44.5 Å². The van der Waals surface area contributed by atoms with Gasteiger partial charge in [0.25, 0.3) is 0 Å². The minimum absolute atomic E-state index is 0.0254. The first-order valence-corrected chi connectivity index (χ1v) is 11.0. The predicted molar refractivity (Wildman–Crippen MR) is 121 cm³/mol. The third-order valence-corrected chi connectivity index (χ3v) is 4.89. The van der Waals surface area contributed by atoms with E-state index in [0.29, 0.717) is 24.6 Å². The maximum Gasteiger partial charge on any atom is 0.239 e. The maximum atomic E-state index is 12.3. The van der Waals surface area contributed by atoms with Gasteiger partial charge >= 0.3 is 0 Å². The minimum Gasteiger partial charge on any atom is -0.377 e. The zero-order valence-corrected chi connectivity index (χ0v) is 19.8. The van der Waals surface area contributed by atoms with Crippen LogP contribution < -0.4 is 21.3 Å². The number of hydrogen-bond donors (Lipinski definition) is 6. The smallest absolute Gasteiger partial charge is 0.239 e. The molecule has 0 radical (unpaired) electrons. The van der Waals surface area contributed by atoms with Crippen molar-refractivity contribution in [2.24, 2.45) is 5.92 Å². The molecule has 11 heteroatoms. The number of ether oxygens (including phenoxy) is 1. The lowest BCUT2D eigenvalue weighted by molar-refractivity contribution is -0.124. The molecule has 0 fully saturated rings. The van der Waals surface area contributed by atoms with Crippen LogP contribution in [0.1, 0.15) is 40.0 Å². The van der Waals surface area contributed by atoms with Gasteiger partial charge in [0, 0.05) is 25.8 Å². The van der Waals surface area contributed by atoms with Crippen LogP contribution in [0.4, 0.5) is 0 Å². The van der Waals surface area contributed by atoms with E-state index >= 15 is 0 Å². The molecule has 3 atom stereocenters. The van der Waals surface area contributed by atoms with E-state index in [1.54, 1.807) is 6.92 Å². The summed E-state index contributed by atoms with van der Waals surface area (Å²) in [6.07, 6.45) is 0.00390. The van der Waals surface area contributed by atoms with E-state index in [9.17, 15) is 24.6 Å². The lowest BCUT2D eigenvalue weighted by Crippen LogP contribution is -2.48. The molecular formula is C21H41N5O6. The Labute approximate surface area is 190 Å². The van der Waals surface area contributed by atoms with Crippen LogP contribution >= 0.6 is 0 Å². The largest absolute Gasteiger partial charge is 0.377 e. The average Bonchev–Trinajstić information content (AvgIpc) is 2.78. The molecule has 0 bridgehead atoms. The van der Waals surface area contributed by atoms with Crippen LogP contribution in [0, 0.1) is 5.92 Å². The van der Waals surface area contributed by atoms with Gasteiger partial charge in [0.2, 0.25) is 17.7 Å². The maximum absolute atomic E-state index is 12.3. The molecule has 0 aliphatic rings. The number of nitrogens with zero attached hydrogens (tertiary/aromatic N) is 1. The Morgan fingerprint density at radius 3 is 2.31 bits per heavy atom. The van der Waals surface area contributed by atoms with E-state index in [2.05, 4.69) is 41.7 Å². The van der Waals surface area contributed by atoms with E-state index in [0.717, 1.165) is 12.8 Å². The summed E-state index contributed by atoms with van der Waals surface area (Å²) in [7, 11) is 1.33. The molecule has 0 saturated heterocycles. The van der Waals surface area contributed by atoms with E-state index in [1.165, 1.54) is 12.0 Å². The van der Waals surface area contributed by atoms with Crippen LogP contribution in [0.3, 0.4) is 0 Å². The Kier molecular flexibility index (Phi) is 16.2. The number of nitrogens with one attached hydrogen (secondary N) is 4. The first kappa shape index (κ1) is 29.8. The Balaban J connectivity index is 4.40. The van der Waals surface area contributed by atoms with Crippen molar-refractivity contribution in [3.8, 4) is 0 Å². The summed E-state index contributed by atoms with van der Waals surface area (Å²) in [6.45, 7) is 10.1. The molecule has 0 rings (SSSR count). The highest BCUT2D eigenvalue weighted by atomic mass is 16.6. The molecule has 186 valence electrons. The standard InChI is InChI=1S/C21H41N5O6/c1-6-15(3)8-9-22-18(28)11-24-19(29)12-25-20(30)13-26(14-21(31)32-5)16(4)10-23-17(27)7-2/h15,19,21,24,29,31H,4,6-14H2,1-3,5H3,(H,22,28)(H,23,27)(H,25,30). The molecule has 0 saturated carbocycles. The molecule has 32 heavy (non-hydrogen) atoms. The fraction of sp³-hybridized carbons (Fsp3) is 0.762. The number of aliphatic hydroxyl groups is 2. The normalized spacial score (nSPS) is 13.6. The molecule has 0 aromatic rings. The van der Waals surface area contributed by atoms with Gasteiger partial charge in [-0.25, -0.2) is 0 Å². The second-order valence-corrected chi connectivity index (χ2v) is 7.62. The van der Waals surface area contributed by atoms with Gasteiger partial charge in [-0.05, 0) is 12.3 Å². The summed E-state index contributed by atoms with van der Waals surface area (Å²) in [6, 6.07) is 0. The summed E-state index contributed by atoms with van der Waals surface area (Å²) in [5, 5.41) is 30.3. The second-order valence-electron chi connectivity index (χ2n) is 7.62. The van der Waals surface area contributed by atoms with Crippen LogP contribution in [0.25, 0.3) is 0 Å². The van der Waals surface area contributed by atoms with Crippen molar-refractivity contribution >= 4 is 17.7 Å². The van der Waals surface area contributed by atoms with E-state index in [1.807, 2.05) is 0 Å². The van der Waals surface area contributed by atoms with Gasteiger partial charge in [0.1, 0.15) is 6.23 Å². The van der Waals surface area contributed by atoms with Gasteiger partial charge in [-0.15, -0.1) is 0 Å². The number of methoxy groups -OCH3 is 1. The van der Waals surface area contributed by atoms with Crippen LogP contribution in [-0.2, 0) is 19.1 Å². The van der Waals surface area contributed by atoms with Crippen LogP contribution in [0.2, 0.25) is 0 Å². The highest BCUT2D eigenvalue weighted by molar-refractivity contribution is 5.79. The zero-order chi connectivity index (χ0) is 24.5. The summed E-state index contributed by atoms with van der Waals surface area (Å²) in [5.74, 6) is -0.299. The Bertz CT molecular complexity index is 589. The zero-order valence-electron chi connectivity index (χ0n) is 19.8. The minimum atomic E-state index is -1.15. The Morgan fingerprint density at radius 2 is 1.72 bits per heavy atom. The third kappa shape index (κ3) is 14.7. The monoisotopic (exact) mass is 459 g/mol. The first-order chi connectivity index (χ1) is 15.1. The van der Waals surface area contributed by atoms with Gasteiger partial charge in [-0.3, -0.25) is 19.7 Å². The molecule has 0 aliphatic heterocycles. The van der Waals surface area contributed by atoms with Gasteiger partial charge in [-0.2, -0.15) is 0 Å². The van der Waals surface area contributed by atoms with Crippen molar-refractivity contribution in [3.05, 3.63) is 12.3 Å². The van der Waals surface area contributed by atoms with Crippen LogP contribution in [0.15, 0.2) is 12.3 Å². The topological polar surface area (TPSA) is 152 Å². The van der Waals surface area contributed by atoms with Crippen molar-refractivity contribution in [1.82, 2.24) is 26.2 Å². The molecule has 0 spiro atoms. The van der Waals surface area contributed by atoms with Crippen molar-refractivity contribution in [3.63, 3.8) is 0 Å². The fourth-order valence-electron chi connectivity index (χ4n) is 2.45. The van der Waals surface area contributed by atoms with Crippen molar-refractivity contribution in [2.45, 2.75) is 52.6 Å². The number of carbonyl (C=O) groups excluding carboxylic acids is 3. The second kappa shape index (κ2) is 17.4. The van der Waals surface area contributed by atoms with Gasteiger partial charge < -0.3 is 35.8 Å². The molecule has 6 N–H and O–H groups in total. The van der Waals surface area contributed by atoms with E-state index < -0.39 is 18.4 Å². The molecule has 3 unspecified atom stereocenters. The van der Waals surface area contributed by atoms with Gasteiger partial charge in [0.05, 0.1) is 32.7 Å². The van der Waals surface area contributed by atoms with Gasteiger partial charge in [-0.1, -0.05) is 33.8 Å². The molecular weight excluding hydrogens is 418 g/mol. The summed E-state index contributed by atoms with van der Waals surface area (Å²) in [4.78, 5) is 37.0. The molecule has 0 aliphatic carbocycles. The van der Waals surface area contributed by atoms with Crippen molar-refractivity contribution in [2.75, 3.05) is 46.4 Å². The molecule has 3 amide bonds. The Hall–Kier alpha value is -2.21. The fourth-order valence-corrected chi connectivity index (χ4v) is 2.45. The number of carbonyl (C=O) groups is 3. The average molecular weight is 460 g/mol. The summed E-state index contributed by atoms with van der Waals surface area (Å²) < 4.78 is 4.82. The van der Waals surface area contributed by atoms with Crippen LogP contribution in [-0.4, -0.2) is 91.7 Å². The number of rotatable bonds is 18. The number of hydrogen-bond acceptors (Lipinski definition) is 8. The lowest BCUT2D eigenvalue weighted by Gasteiger charge is -2.28. The highest BCUT2D eigenvalue weighted by Crippen LogP contribution is 2.04. The predicted octanol–water partition coefficient (Wildman–Crippen LogP) is -1.13.